The van der Waals surface area contributed by atoms with Crippen LogP contribution >= 0.6 is 11.6 Å². The molecule has 2 aromatic rings. The number of rotatable bonds is 3. The predicted octanol–water partition coefficient (Wildman–Crippen LogP) is 2.30. The van der Waals surface area contributed by atoms with Crippen molar-refractivity contribution in [3.8, 4) is 0 Å². The lowest BCUT2D eigenvalue weighted by atomic mass is 10.2. The zero-order valence-electron chi connectivity index (χ0n) is 9.33. The normalized spacial score (nSPS) is 10.2. The van der Waals surface area contributed by atoms with E-state index in [1.807, 2.05) is 6.92 Å². The van der Waals surface area contributed by atoms with Crippen molar-refractivity contribution < 1.29 is 4.79 Å². The highest BCUT2D eigenvalue weighted by atomic mass is 35.5. The molecular weight excluding hydrogens is 238 g/mol. The summed E-state index contributed by atoms with van der Waals surface area (Å²) in [5, 5.41) is 10.1. The Balaban J connectivity index is 1.98. The summed E-state index contributed by atoms with van der Waals surface area (Å²) >= 11 is 5.75. The van der Waals surface area contributed by atoms with E-state index in [0.29, 0.717) is 17.1 Å². The molecule has 0 aliphatic carbocycles. The molecular formula is C12H12ClN3O. The molecule has 0 fully saturated rings. The number of hydrogen-bond acceptors (Lipinski definition) is 2. The Kier molecular flexibility index (Phi) is 3.44. The number of amides is 1. The summed E-state index contributed by atoms with van der Waals surface area (Å²) in [4.78, 5) is 11.8. The minimum Gasteiger partial charge on any atom is -0.348 e. The van der Waals surface area contributed by atoms with Crippen molar-refractivity contribution in [2.24, 2.45) is 0 Å². The average Bonchev–Trinajstić information content (AvgIpc) is 2.73. The number of H-pyrrole nitrogens is 1. The van der Waals surface area contributed by atoms with E-state index in [-0.39, 0.29) is 5.91 Å². The second kappa shape index (κ2) is 5.01. The molecule has 2 N–H and O–H groups in total. The molecule has 0 aliphatic rings. The molecule has 0 saturated heterocycles. The van der Waals surface area contributed by atoms with E-state index in [2.05, 4.69) is 15.5 Å². The van der Waals surface area contributed by atoms with Crippen LogP contribution in [0.25, 0.3) is 0 Å². The van der Waals surface area contributed by atoms with Crippen LogP contribution in [0.3, 0.4) is 0 Å². The first kappa shape index (κ1) is 11.7. The van der Waals surface area contributed by atoms with Gasteiger partial charge in [-0.2, -0.15) is 5.10 Å². The summed E-state index contributed by atoms with van der Waals surface area (Å²) in [6.07, 6.45) is 1.71. The molecule has 0 bridgehead atoms. The first-order chi connectivity index (χ1) is 8.16. The van der Waals surface area contributed by atoms with Crippen molar-refractivity contribution in [1.82, 2.24) is 15.5 Å². The molecule has 0 unspecified atom stereocenters. The highest BCUT2D eigenvalue weighted by Crippen LogP contribution is 2.09. The van der Waals surface area contributed by atoms with Gasteiger partial charge in [0.15, 0.2) is 0 Å². The number of halogens is 1. The van der Waals surface area contributed by atoms with Crippen molar-refractivity contribution in [1.29, 1.82) is 0 Å². The van der Waals surface area contributed by atoms with Crippen LogP contribution in [0.5, 0.6) is 0 Å². The summed E-state index contributed by atoms with van der Waals surface area (Å²) in [5.74, 6) is -0.123. The van der Waals surface area contributed by atoms with Crippen molar-refractivity contribution in [2.75, 3.05) is 0 Å². The summed E-state index contributed by atoms with van der Waals surface area (Å²) in [7, 11) is 0. The molecule has 1 aromatic carbocycles. The topological polar surface area (TPSA) is 57.8 Å². The summed E-state index contributed by atoms with van der Waals surface area (Å²) in [6.45, 7) is 2.38. The van der Waals surface area contributed by atoms with E-state index >= 15 is 0 Å². The maximum atomic E-state index is 11.8. The first-order valence-corrected chi connectivity index (χ1v) is 5.57. The minimum atomic E-state index is -0.123. The van der Waals surface area contributed by atoms with Gasteiger partial charge in [-0.15, -0.1) is 0 Å². The number of aromatic nitrogens is 2. The number of aryl methyl sites for hydroxylation is 1. The van der Waals surface area contributed by atoms with Gasteiger partial charge in [-0.05, 0) is 31.2 Å². The monoisotopic (exact) mass is 249 g/mol. The van der Waals surface area contributed by atoms with Crippen molar-refractivity contribution in [3.05, 3.63) is 52.3 Å². The van der Waals surface area contributed by atoms with Crippen molar-refractivity contribution in [3.63, 3.8) is 0 Å². The van der Waals surface area contributed by atoms with Crippen LogP contribution in [0.4, 0.5) is 0 Å². The third kappa shape index (κ3) is 2.85. The molecule has 0 spiro atoms. The Morgan fingerprint density at radius 3 is 2.71 bits per heavy atom. The van der Waals surface area contributed by atoms with Gasteiger partial charge in [0.25, 0.3) is 5.91 Å². The molecule has 0 atom stereocenters. The average molecular weight is 250 g/mol. The van der Waals surface area contributed by atoms with Crippen molar-refractivity contribution in [2.45, 2.75) is 13.5 Å². The van der Waals surface area contributed by atoms with Gasteiger partial charge in [-0.3, -0.25) is 9.89 Å². The summed E-state index contributed by atoms with van der Waals surface area (Å²) in [6, 6.07) is 6.78. The highest BCUT2D eigenvalue weighted by molar-refractivity contribution is 6.30. The van der Waals surface area contributed by atoms with Gasteiger partial charge in [0, 0.05) is 28.4 Å². The highest BCUT2D eigenvalue weighted by Gasteiger charge is 2.06. The Morgan fingerprint density at radius 1 is 1.41 bits per heavy atom. The fourth-order valence-electron chi connectivity index (χ4n) is 1.43. The number of benzene rings is 1. The van der Waals surface area contributed by atoms with Gasteiger partial charge in [-0.1, -0.05) is 11.6 Å². The van der Waals surface area contributed by atoms with E-state index in [0.717, 1.165) is 11.3 Å². The molecule has 2 rings (SSSR count). The van der Waals surface area contributed by atoms with Crippen LogP contribution in [0.2, 0.25) is 5.02 Å². The molecule has 1 amide bonds. The fourth-order valence-corrected chi connectivity index (χ4v) is 1.56. The quantitative estimate of drug-likeness (QED) is 0.877. The van der Waals surface area contributed by atoms with Crippen LogP contribution in [0, 0.1) is 6.92 Å². The van der Waals surface area contributed by atoms with E-state index in [9.17, 15) is 4.79 Å². The number of carbonyl (C=O) groups excluding carboxylic acids is 1. The lowest BCUT2D eigenvalue weighted by Gasteiger charge is -2.04. The molecule has 1 heterocycles. The molecule has 5 heteroatoms. The van der Waals surface area contributed by atoms with Gasteiger partial charge in [0.2, 0.25) is 0 Å². The minimum absolute atomic E-state index is 0.123. The fraction of sp³-hybridized carbons (Fsp3) is 0.167. The molecule has 0 radical (unpaired) electrons. The second-order valence-corrected chi connectivity index (χ2v) is 4.15. The zero-order chi connectivity index (χ0) is 12.3. The van der Waals surface area contributed by atoms with Gasteiger partial charge < -0.3 is 5.32 Å². The molecule has 0 aliphatic heterocycles. The van der Waals surface area contributed by atoms with Crippen molar-refractivity contribution >= 4 is 17.5 Å². The Hall–Kier alpha value is -1.81. The molecule has 0 saturated carbocycles. The SMILES string of the molecule is Cc1[nH]ncc1CNC(=O)c1ccc(Cl)cc1. The lowest BCUT2D eigenvalue weighted by molar-refractivity contribution is 0.0951. The number of aromatic amines is 1. The van der Waals surface area contributed by atoms with Crippen LogP contribution in [-0.4, -0.2) is 16.1 Å². The molecule has 1 aromatic heterocycles. The van der Waals surface area contributed by atoms with Gasteiger partial charge in [-0.25, -0.2) is 0 Å². The summed E-state index contributed by atoms with van der Waals surface area (Å²) < 4.78 is 0. The molecule has 17 heavy (non-hydrogen) atoms. The first-order valence-electron chi connectivity index (χ1n) is 5.19. The predicted molar refractivity (Wildman–Crippen MR) is 65.9 cm³/mol. The van der Waals surface area contributed by atoms with E-state index in [4.69, 9.17) is 11.6 Å². The molecule has 88 valence electrons. The smallest absolute Gasteiger partial charge is 0.251 e. The van der Waals surface area contributed by atoms with Crippen LogP contribution < -0.4 is 5.32 Å². The van der Waals surface area contributed by atoms with E-state index in [1.165, 1.54) is 0 Å². The second-order valence-electron chi connectivity index (χ2n) is 3.71. The Bertz CT molecular complexity index is 519. The van der Waals surface area contributed by atoms with Gasteiger partial charge in [0.05, 0.1) is 6.20 Å². The third-order valence-corrected chi connectivity index (χ3v) is 2.73. The zero-order valence-corrected chi connectivity index (χ0v) is 10.1. The lowest BCUT2D eigenvalue weighted by Crippen LogP contribution is -2.22. The maximum absolute atomic E-state index is 11.8. The number of nitrogens with zero attached hydrogens (tertiary/aromatic N) is 1. The largest absolute Gasteiger partial charge is 0.348 e. The Morgan fingerprint density at radius 2 is 2.12 bits per heavy atom. The van der Waals surface area contributed by atoms with Crippen LogP contribution in [0.1, 0.15) is 21.6 Å². The number of carbonyl (C=O) groups is 1. The Labute approximate surface area is 104 Å². The van der Waals surface area contributed by atoms with Gasteiger partial charge in [0.1, 0.15) is 0 Å². The number of nitrogens with one attached hydrogen (secondary N) is 2. The third-order valence-electron chi connectivity index (χ3n) is 2.48. The van der Waals surface area contributed by atoms with Crippen LogP contribution in [-0.2, 0) is 6.54 Å². The van der Waals surface area contributed by atoms with Crippen LogP contribution in [0.15, 0.2) is 30.5 Å². The van der Waals surface area contributed by atoms with Gasteiger partial charge >= 0.3 is 0 Å². The summed E-state index contributed by atoms with van der Waals surface area (Å²) in [5.41, 5.74) is 2.53. The standard InChI is InChI=1S/C12H12ClN3O/c1-8-10(7-15-16-8)6-14-12(17)9-2-4-11(13)5-3-9/h2-5,7H,6H2,1H3,(H,14,17)(H,15,16). The number of hydrogen-bond donors (Lipinski definition) is 2. The molecule has 4 nitrogen and oxygen atoms in total. The van der Waals surface area contributed by atoms with E-state index < -0.39 is 0 Å². The van der Waals surface area contributed by atoms with E-state index in [1.54, 1.807) is 30.5 Å². The maximum Gasteiger partial charge on any atom is 0.251 e.